The predicted molar refractivity (Wildman–Crippen MR) is 149 cm³/mol. The maximum Gasteiger partial charge on any atom is 0.229 e. The standard InChI is InChI=1S/C27H37N7O3S/c1-16(2)38(35,36)26-23(15-34(5)33-26)30-25-18(4)14-29-27(32-25)31-22-12-17(3)21(19-8-10-28-11-9-19)13-24(22)37-20-6-7-20/h12-16,19-20,28H,6-11H2,1-5H3,(H2,29,30,31,32). The Morgan fingerprint density at radius 3 is 2.47 bits per heavy atom. The average molecular weight is 540 g/mol. The van der Waals surface area contributed by atoms with Gasteiger partial charge in [0.2, 0.25) is 20.8 Å². The minimum atomic E-state index is -3.58. The van der Waals surface area contributed by atoms with Crippen LogP contribution in [0.1, 0.15) is 62.1 Å². The fourth-order valence-corrected chi connectivity index (χ4v) is 5.80. The molecule has 1 aliphatic heterocycles. The van der Waals surface area contributed by atoms with Gasteiger partial charge in [0.15, 0.2) is 0 Å². The number of ether oxygens (including phenoxy) is 1. The number of sulfone groups is 1. The quantitative estimate of drug-likeness (QED) is 0.360. The third-order valence-corrected chi connectivity index (χ3v) is 9.20. The first-order valence-corrected chi connectivity index (χ1v) is 14.8. The Hall–Kier alpha value is -3.18. The van der Waals surface area contributed by atoms with E-state index in [2.05, 4.69) is 50.1 Å². The highest BCUT2D eigenvalue weighted by atomic mass is 32.2. The van der Waals surface area contributed by atoms with Gasteiger partial charge in [-0.1, -0.05) is 0 Å². The molecule has 1 saturated heterocycles. The normalized spacial score (nSPS) is 16.6. The third-order valence-electron chi connectivity index (χ3n) is 7.12. The molecular formula is C27H37N7O3S. The van der Waals surface area contributed by atoms with Gasteiger partial charge in [-0.05, 0) is 95.6 Å². The van der Waals surface area contributed by atoms with Crippen LogP contribution in [0.3, 0.4) is 0 Å². The lowest BCUT2D eigenvalue weighted by molar-refractivity contribution is 0.304. The second-order valence-electron chi connectivity index (χ2n) is 10.6. The van der Waals surface area contributed by atoms with E-state index in [1.54, 1.807) is 33.3 Å². The number of hydrogen-bond acceptors (Lipinski definition) is 9. The summed E-state index contributed by atoms with van der Waals surface area (Å²) in [6, 6.07) is 4.32. The molecule has 10 nitrogen and oxygen atoms in total. The Bertz CT molecular complexity index is 1420. The summed E-state index contributed by atoms with van der Waals surface area (Å²) in [5.41, 5.74) is 4.54. The molecule has 2 aliphatic rings. The van der Waals surface area contributed by atoms with Crippen molar-refractivity contribution in [2.45, 2.75) is 75.7 Å². The van der Waals surface area contributed by atoms with Crippen molar-refractivity contribution in [3.8, 4) is 5.75 Å². The van der Waals surface area contributed by atoms with E-state index in [1.807, 2.05) is 6.92 Å². The first-order chi connectivity index (χ1) is 18.1. The lowest BCUT2D eigenvalue weighted by Crippen LogP contribution is -2.27. The van der Waals surface area contributed by atoms with Gasteiger partial charge in [-0.2, -0.15) is 10.1 Å². The van der Waals surface area contributed by atoms with Crippen molar-refractivity contribution in [1.82, 2.24) is 25.1 Å². The van der Waals surface area contributed by atoms with Crippen LogP contribution in [0.5, 0.6) is 5.75 Å². The molecule has 0 unspecified atom stereocenters. The van der Waals surface area contributed by atoms with Gasteiger partial charge in [0.1, 0.15) is 11.6 Å². The van der Waals surface area contributed by atoms with E-state index < -0.39 is 15.1 Å². The van der Waals surface area contributed by atoms with E-state index in [4.69, 9.17) is 4.74 Å². The first kappa shape index (κ1) is 26.4. The second-order valence-corrected chi connectivity index (χ2v) is 13.1. The summed E-state index contributed by atoms with van der Waals surface area (Å²) in [7, 11) is -1.89. The number of piperidine rings is 1. The molecule has 204 valence electrons. The van der Waals surface area contributed by atoms with Gasteiger partial charge in [-0.3, -0.25) is 4.68 Å². The first-order valence-electron chi connectivity index (χ1n) is 13.3. The zero-order chi connectivity index (χ0) is 27.0. The van der Waals surface area contributed by atoms with Crippen molar-refractivity contribution in [3.63, 3.8) is 0 Å². The minimum absolute atomic E-state index is 0.00627. The second kappa shape index (κ2) is 10.5. The van der Waals surface area contributed by atoms with E-state index in [0.717, 1.165) is 55.8 Å². The number of aromatic nitrogens is 4. The molecule has 0 atom stereocenters. The number of benzene rings is 1. The van der Waals surface area contributed by atoms with Gasteiger partial charge < -0.3 is 20.7 Å². The van der Waals surface area contributed by atoms with E-state index in [1.165, 1.54) is 15.8 Å². The monoisotopic (exact) mass is 539 g/mol. The van der Waals surface area contributed by atoms with Gasteiger partial charge in [-0.25, -0.2) is 13.4 Å². The maximum atomic E-state index is 12.9. The third kappa shape index (κ3) is 5.63. The molecule has 38 heavy (non-hydrogen) atoms. The van der Waals surface area contributed by atoms with Crippen molar-refractivity contribution >= 4 is 33.0 Å². The zero-order valence-electron chi connectivity index (χ0n) is 22.7. The number of nitrogens with one attached hydrogen (secondary N) is 3. The summed E-state index contributed by atoms with van der Waals surface area (Å²) in [4.78, 5) is 9.18. The topological polar surface area (TPSA) is 123 Å². The SMILES string of the molecule is Cc1cc(Nc2ncc(C)c(Nc3cn(C)nc3S(=O)(=O)C(C)C)n2)c(OC2CC2)cc1C1CCNCC1. The molecule has 0 bridgehead atoms. The highest BCUT2D eigenvalue weighted by molar-refractivity contribution is 7.92. The number of rotatable bonds is 9. The van der Waals surface area contributed by atoms with Crippen LogP contribution in [-0.4, -0.2) is 52.6 Å². The van der Waals surface area contributed by atoms with E-state index in [-0.39, 0.29) is 11.1 Å². The molecule has 3 aromatic rings. The molecule has 1 aromatic carbocycles. The zero-order valence-corrected chi connectivity index (χ0v) is 23.5. The summed E-state index contributed by atoms with van der Waals surface area (Å²) >= 11 is 0. The van der Waals surface area contributed by atoms with E-state index >= 15 is 0 Å². The number of hydrogen-bond donors (Lipinski definition) is 3. The molecule has 3 heterocycles. The number of aryl methyl sites for hydroxylation is 3. The molecule has 11 heteroatoms. The van der Waals surface area contributed by atoms with Gasteiger partial charge in [0.05, 0.1) is 22.7 Å². The Labute approximate surface area is 224 Å². The summed E-state index contributed by atoms with van der Waals surface area (Å²) in [6.45, 7) is 9.38. The predicted octanol–water partition coefficient (Wildman–Crippen LogP) is 4.50. The largest absolute Gasteiger partial charge is 0.488 e. The number of nitrogens with zero attached hydrogens (tertiary/aromatic N) is 4. The highest BCUT2D eigenvalue weighted by Gasteiger charge is 2.28. The van der Waals surface area contributed by atoms with Gasteiger partial charge in [0, 0.05) is 25.0 Å². The molecule has 0 spiro atoms. The van der Waals surface area contributed by atoms with Crippen LogP contribution in [0.2, 0.25) is 0 Å². The van der Waals surface area contributed by atoms with Crippen molar-refractivity contribution in [3.05, 3.63) is 41.2 Å². The Morgan fingerprint density at radius 1 is 1.05 bits per heavy atom. The number of anilines is 4. The Kier molecular flexibility index (Phi) is 7.32. The van der Waals surface area contributed by atoms with Crippen LogP contribution in [-0.2, 0) is 16.9 Å². The molecule has 1 aliphatic carbocycles. The fraction of sp³-hybridized carbons (Fsp3) is 0.519. The molecular weight excluding hydrogens is 502 g/mol. The Morgan fingerprint density at radius 2 is 1.79 bits per heavy atom. The molecule has 2 aromatic heterocycles. The summed E-state index contributed by atoms with van der Waals surface area (Å²) in [5, 5.41) is 13.6. The van der Waals surface area contributed by atoms with Crippen LogP contribution < -0.4 is 20.7 Å². The smallest absolute Gasteiger partial charge is 0.229 e. The Balaban J connectivity index is 1.44. The van der Waals surface area contributed by atoms with Gasteiger partial charge >= 0.3 is 0 Å². The average Bonchev–Trinajstić information content (AvgIpc) is 3.62. The molecule has 1 saturated carbocycles. The van der Waals surface area contributed by atoms with Crippen LogP contribution in [0.15, 0.2) is 29.6 Å². The fourth-order valence-electron chi connectivity index (χ4n) is 4.70. The lowest BCUT2D eigenvalue weighted by atomic mass is 9.87. The van der Waals surface area contributed by atoms with Crippen molar-refractivity contribution in [1.29, 1.82) is 0 Å². The van der Waals surface area contributed by atoms with Crippen molar-refractivity contribution in [2.75, 3.05) is 23.7 Å². The summed E-state index contributed by atoms with van der Waals surface area (Å²) in [6.07, 6.45) is 7.99. The molecule has 3 N–H and O–H groups in total. The van der Waals surface area contributed by atoms with Crippen LogP contribution >= 0.6 is 0 Å². The summed E-state index contributed by atoms with van der Waals surface area (Å²) < 4.78 is 33.6. The lowest BCUT2D eigenvalue weighted by Gasteiger charge is -2.26. The maximum absolute atomic E-state index is 12.9. The van der Waals surface area contributed by atoms with Gasteiger partial charge in [-0.15, -0.1) is 0 Å². The van der Waals surface area contributed by atoms with E-state index in [9.17, 15) is 8.42 Å². The van der Waals surface area contributed by atoms with Crippen LogP contribution in [0.25, 0.3) is 0 Å². The minimum Gasteiger partial charge on any atom is -0.488 e. The molecule has 0 radical (unpaired) electrons. The van der Waals surface area contributed by atoms with Gasteiger partial charge in [0.25, 0.3) is 0 Å². The molecule has 2 fully saturated rings. The summed E-state index contributed by atoms with van der Waals surface area (Å²) in [5.74, 6) is 2.24. The molecule has 5 rings (SSSR count). The van der Waals surface area contributed by atoms with Crippen molar-refractivity contribution in [2.24, 2.45) is 7.05 Å². The van der Waals surface area contributed by atoms with Crippen molar-refractivity contribution < 1.29 is 13.2 Å². The van der Waals surface area contributed by atoms with Crippen LogP contribution in [0.4, 0.5) is 23.1 Å². The molecule has 0 amide bonds. The van der Waals surface area contributed by atoms with Crippen LogP contribution in [0, 0.1) is 13.8 Å². The highest BCUT2D eigenvalue weighted by Crippen LogP contribution is 2.39. The van der Waals surface area contributed by atoms with E-state index in [0.29, 0.717) is 23.4 Å².